The van der Waals surface area contributed by atoms with E-state index in [9.17, 15) is 14.4 Å². The third-order valence-corrected chi connectivity index (χ3v) is 2.30. The van der Waals surface area contributed by atoms with Crippen molar-refractivity contribution >= 4 is 17.9 Å². The van der Waals surface area contributed by atoms with Gasteiger partial charge in [0.1, 0.15) is 6.54 Å². The van der Waals surface area contributed by atoms with Crippen LogP contribution >= 0.6 is 0 Å². The molecule has 3 N–H and O–H groups in total. The highest BCUT2D eigenvalue weighted by molar-refractivity contribution is 5.85. The highest BCUT2D eigenvalue weighted by Crippen LogP contribution is 1.98. The van der Waals surface area contributed by atoms with Crippen LogP contribution < -0.4 is 10.6 Å². The van der Waals surface area contributed by atoms with Crippen LogP contribution in [0.25, 0.3) is 0 Å². The van der Waals surface area contributed by atoms with Crippen molar-refractivity contribution in [3.63, 3.8) is 0 Å². The molecule has 0 aliphatic heterocycles. The molecule has 19 heavy (non-hydrogen) atoms. The molecule has 7 nitrogen and oxygen atoms in total. The van der Waals surface area contributed by atoms with Gasteiger partial charge in [-0.25, -0.2) is 4.79 Å². The smallest absolute Gasteiger partial charge is 0.323 e. The number of rotatable bonds is 7. The Morgan fingerprint density at radius 1 is 1.11 bits per heavy atom. The van der Waals surface area contributed by atoms with Crippen LogP contribution in [0.5, 0.6) is 0 Å². The topological polar surface area (TPSA) is 98.7 Å². The Bertz CT molecular complexity index is 329. The normalized spacial score (nSPS) is 10.4. The molecule has 0 atom stereocenters. The molecule has 110 valence electrons. The summed E-state index contributed by atoms with van der Waals surface area (Å²) in [5.41, 5.74) is 0. The van der Waals surface area contributed by atoms with Crippen LogP contribution in [0.1, 0.15) is 27.7 Å². The van der Waals surface area contributed by atoms with Gasteiger partial charge in [0.05, 0.1) is 6.54 Å². The van der Waals surface area contributed by atoms with Crippen molar-refractivity contribution in [3.8, 4) is 0 Å². The van der Waals surface area contributed by atoms with Crippen LogP contribution in [0.2, 0.25) is 0 Å². The minimum absolute atomic E-state index is 0.158. The van der Waals surface area contributed by atoms with Gasteiger partial charge >= 0.3 is 12.0 Å². The number of hydrogen-bond acceptors (Lipinski definition) is 3. The second kappa shape index (κ2) is 8.34. The maximum absolute atomic E-state index is 11.7. The van der Waals surface area contributed by atoms with Crippen molar-refractivity contribution in [1.29, 1.82) is 0 Å². The lowest BCUT2D eigenvalue weighted by molar-refractivity contribution is -0.138. The zero-order valence-corrected chi connectivity index (χ0v) is 11.9. The summed E-state index contributed by atoms with van der Waals surface area (Å²) in [6.07, 6.45) is 0. The molecule has 0 saturated heterocycles. The van der Waals surface area contributed by atoms with Crippen LogP contribution in [0.3, 0.4) is 0 Å². The van der Waals surface area contributed by atoms with Crippen LogP contribution in [0.4, 0.5) is 4.79 Å². The second-order valence-corrected chi connectivity index (χ2v) is 4.97. The maximum Gasteiger partial charge on any atom is 0.323 e. The fourth-order valence-electron chi connectivity index (χ4n) is 1.27. The number of nitrogens with one attached hydrogen (secondary N) is 2. The van der Waals surface area contributed by atoms with Gasteiger partial charge < -0.3 is 20.6 Å². The highest BCUT2D eigenvalue weighted by atomic mass is 16.4. The van der Waals surface area contributed by atoms with E-state index in [2.05, 4.69) is 10.6 Å². The first kappa shape index (κ1) is 17.2. The first-order chi connectivity index (χ1) is 8.73. The predicted molar refractivity (Wildman–Crippen MR) is 70.7 cm³/mol. The molecule has 0 aromatic carbocycles. The highest BCUT2D eigenvalue weighted by Gasteiger charge is 2.19. The van der Waals surface area contributed by atoms with Crippen molar-refractivity contribution in [2.75, 3.05) is 19.6 Å². The van der Waals surface area contributed by atoms with Gasteiger partial charge in [-0.15, -0.1) is 0 Å². The summed E-state index contributed by atoms with van der Waals surface area (Å²) in [6.45, 7) is 7.34. The molecule has 0 saturated carbocycles. The summed E-state index contributed by atoms with van der Waals surface area (Å²) in [4.78, 5) is 34.9. The fourth-order valence-corrected chi connectivity index (χ4v) is 1.27. The number of amides is 3. The van der Waals surface area contributed by atoms with E-state index in [4.69, 9.17) is 5.11 Å². The zero-order valence-electron chi connectivity index (χ0n) is 11.9. The van der Waals surface area contributed by atoms with Gasteiger partial charge in [-0.1, -0.05) is 13.8 Å². The van der Waals surface area contributed by atoms with Crippen LogP contribution in [-0.2, 0) is 9.59 Å². The van der Waals surface area contributed by atoms with Gasteiger partial charge in [-0.05, 0) is 19.8 Å². The molecule has 0 unspecified atom stereocenters. The molecule has 0 radical (unpaired) electrons. The molecule has 0 bridgehead atoms. The first-order valence-corrected chi connectivity index (χ1v) is 6.27. The van der Waals surface area contributed by atoms with E-state index >= 15 is 0 Å². The Labute approximate surface area is 113 Å². The quantitative estimate of drug-likeness (QED) is 0.619. The molecular weight excluding hydrogens is 250 g/mol. The van der Waals surface area contributed by atoms with Gasteiger partial charge in [0.15, 0.2) is 0 Å². The number of nitrogens with zero attached hydrogens (tertiary/aromatic N) is 1. The van der Waals surface area contributed by atoms with Gasteiger partial charge in [-0.3, -0.25) is 9.59 Å². The summed E-state index contributed by atoms with van der Waals surface area (Å²) in [5, 5.41) is 13.8. The summed E-state index contributed by atoms with van der Waals surface area (Å²) in [7, 11) is 0. The molecule has 0 spiro atoms. The van der Waals surface area contributed by atoms with Crippen LogP contribution in [-0.4, -0.2) is 53.6 Å². The fraction of sp³-hybridized carbons (Fsp3) is 0.750. The Morgan fingerprint density at radius 2 is 1.68 bits per heavy atom. The number of carboxylic acid groups (broad SMARTS) is 1. The van der Waals surface area contributed by atoms with E-state index in [1.54, 1.807) is 13.8 Å². The number of aliphatic carboxylic acids is 1. The minimum atomic E-state index is -1.09. The Balaban J connectivity index is 4.19. The second-order valence-electron chi connectivity index (χ2n) is 4.97. The number of urea groups is 1. The summed E-state index contributed by atoms with van der Waals surface area (Å²) in [5.74, 6) is -1.05. The van der Waals surface area contributed by atoms with Crippen LogP contribution in [0, 0.1) is 5.92 Å². The molecular formula is C12H23N3O4. The van der Waals surface area contributed by atoms with E-state index in [0.717, 1.165) is 4.90 Å². The van der Waals surface area contributed by atoms with Crippen molar-refractivity contribution in [1.82, 2.24) is 15.5 Å². The molecule has 0 heterocycles. The van der Waals surface area contributed by atoms with Crippen LogP contribution in [0.15, 0.2) is 0 Å². The number of carbonyl (C=O) groups excluding carboxylic acids is 2. The van der Waals surface area contributed by atoms with Gasteiger partial charge in [-0.2, -0.15) is 0 Å². The van der Waals surface area contributed by atoms with E-state index in [-0.39, 0.29) is 18.5 Å². The average molecular weight is 273 g/mol. The Hall–Kier alpha value is -1.79. The monoisotopic (exact) mass is 273 g/mol. The number of carbonyl (C=O) groups is 3. The van der Waals surface area contributed by atoms with Crippen molar-refractivity contribution in [2.24, 2.45) is 5.92 Å². The molecule has 0 fully saturated rings. The first-order valence-electron chi connectivity index (χ1n) is 6.27. The van der Waals surface area contributed by atoms with Gasteiger partial charge in [0, 0.05) is 12.6 Å². The van der Waals surface area contributed by atoms with E-state index in [1.165, 1.54) is 0 Å². The lowest BCUT2D eigenvalue weighted by Crippen LogP contribution is -2.49. The van der Waals surface area contributed by atoms with E-state index < -0.39 is 18.5 Å². The Kier molecular flexibility index (Phi) is 7.55. The zero-order chi connectivity index (χ0) is 15.0. The number of carboxylic acids is 1. The lowest BCUT2D eigenvalue weighted by atomic mass is 10.2. The van der Waals surface area contributed by atoms with Crippen molar-refractivity contribution in [2.45, 2.75) is 33.7 Å². The molecule has 0 aromatic rings. The number of hydrogen-bond donors (Lipinski definition) is 3. The SMILES string of the molecule is CC(C)CNC(=O)CNC(=O)N(CC(=O)O)C(C)C. The van der Waals surface area contributed by atoms with Gasteiger partial charge in [0.25, 0.3) is 0 Å². The van der Waals surface area contributed by atoms with Crippen molar-refractivity contribution in [3.05, 3.63) is 0 Å². The van der Waals surface area contributed by atoms with Crippen molar-refractivity contribution < 1.29 is 19.5 Å². The van der Waals surface area contributed by atoms with E-state index in [1.807, 2.05) is 13.8 Å². The average Bonchev–Trinajstić information content (AvgIpc) is 2.29. The standard InChI is InChI=1S/C12H23N3O4/c1-8(2)5-13-10(16)6-14-12(19)15(9(3)4)7-11(17)18/h8-9H,5-7H2,1-4H3,(H,13,16)(H,14,19)(H,17,18). The summed E-state index contributed by atoms with van der Waals surface area (Å²) >= 11 is 0. The molecule has 0 aliphatic rings. The largest absolute Gasteiger partial charge is 0.480 e. The van der Waals surface area contributed by atoms with E-state index in [0.29, 0.717) is 12.5 Å². The summed E-state index contributed by atoms with van der Waals surface area (Å²) in [6, 6.07) is -0.813. The third kappa shape index (κ3) is 8.01. The lowest BCUT2D eigenvalue weighted by Gasteiger charge is -2.24. The third-order valence-electron chi connectivity index (χ3n) is 2.30. The molecule has 7 heteroatoms. The Morgan fingerprint density at radius 3 is 2.11 bits per heavy atom. The predicted octanol–water partition coefficient (Wildman–Crippen LogP) is 0.263. The molecule has 0 rings (SSSR count). The summed E-state index contributed by atoms with van der Waals surface area (Å²) < 4.78 is 0. The molecule has 0 aliphatic carbocycles. The molecule has 3 amide bonds. The van der Waals surface area contributed by atoms with Gasteiger partial charge in [0.2, 0.25) is 5.91 Å². The molecule has 0 aromatic heterocycles. The minimum Gasteiger partial charge on any atom is -0.480 e. The maximum atomic E-state index is 11.7.